The molecule has 1 saturated heterocycles. The maximum Gasteiger partial charge on any atom is 0.241 e. The molecule has 6 heteroatoms. The van der Waals surface area contributed by atoms with Gasteiger partial charge in [0, 0.05) is 5.69 Å². The van der Waals surface area contributed by atoms with E-state index in [0.29, 0.717) is 0 Å². The minimum atomic E-state index is -0.0455. The van der Waals surface area contributed by atoms with Crippen molar-refractivity contribution in [3.8, 4) is 0 Å². The maximum absolute atomic E-state index is 12.1. The van der Waals surface area contributed by atoms with E-state index < -0.39 is 0 Å². The number of benzene rings is 1. The summed E-state index contributed by atoms with van der Waals surface area (Å²) in [7, 11) is 0. The van der Waals surface area contributed by atoms with Gasteiger partial charge in [-0.25, -0.2) is 4.98 Å². The van der Waals surface area contributed by atoms with E-state index in [1.807, 2.05) is 23.7 Å². The number of hydrogen-bond donors (Lipinski definition) is 2. The minimum Gasteiger partial charge on any atom is -0.325 e. The fourth-order valence-electron chi connectivity index (χ4n) is 2.24. The minimum absolute atomic E-state index is 0. The van der Waals surface area contributed by atoms with Crippen LogP contribution in [-0.4, -0.2) is 23.5 Å². The summed E-state index contributed by atoms with van der Waals surface area (Å²) in [6.45, 7) is 0.936. The van der Waals surface area contributed by atoms with Crippen LogP contribution in [0.1, 0.15) is 19.3 Å². The van der Waals surface area contributed by atoms with Crippen molar-refractivity contribution in [1.82, 2.24) is 10.3 Å². The van der Waals surface area contributed by atoms with Crippen molar-refractivity contribution in [2.24, 2.45) is 0 Å². The molecule has 1 aromatic carbocycles. The monoisotopic (exact) mass is 297 g/mol. The molecule has 0 bridgehead atoms. The zero-order chi connectivity index (χ0) is 12.4. The summed E-state index contributed by atoms with van der Waals surface area (Å²) in [6, 6.07) is 5.78. The number of amides is 1. The third kappa shape index (κ3) is 3.23. The Labute approximate surface area is 122 Å². The van der Waals surface area contributed by atoms with Crippen molar-refractivity contribution in [3.63, 3.8) is 0 Å². The van der Waals surface area contributed by atoms with E-state index >= 15 is 0 Å². The lowest BCUT2D eigenvalue weighted by molar-refractivity contribution is -0.118. The molecular weight excluding hydrogens is 282 g/mol. The third-order valence-corrected chi connectivity index (χ3v) is 4.02. The number of hydrogen-bond acceptors (Lipinski definition) is 4. The first-order valence-corrected chi connectivity index (χ1v) is 7.08. The molecule has 1 fully saturated rings. The fourth-order valence-corrected chi connectivity index (χ4v) is 2.95. The number of anilines is 1. The number of nitrogens with zero attached hydrogens (tertiary/aromatic N) is 1. The van der Waals surface area contributed by atoms with E-state index in [4.69, 9.17) is 0 Å². The summed E-state index contributed by atoms with van der Waals surface area (Å²) < 4.78 is 1.10. The Balaban J connectivity index is 0.00000133. The fraction of sp³-hybridized carbons (Fsp3) is 0.385. The van der Waals surface area contributed by atoms with Crippen LogP contribution in [0.5, 0.6) is 0 Å². The number of aromatic nitrogens is 1. The van der Waals surface area contributed by atoms with Crippen molar-refractivity contribution < 1.29 is 4.79 Å². The van der Waals surface area contributed by atoms with Gasteiger partial charge in [0.15, 0.2) is 0 Å². The van der Waals surface area contributed by atoms with Crippen LogP contribution in [0.25, 0.3) is 10.2 Å². The van der Waals surface area contributed by atoms with Crippen LogP contribution >= 0.6 is 23.7 Å². The predicted octanol–water partition coefficient (Wildman–Crippen LogP) is 2.80. The molecular formula is C13H16ClN3OS. The molecule has 4 nitrogen and oxygen atoms in total. The van der Waals surface area contributed by atoms with Crippen LogP contribution < -0.4 is 10.6 Å². The van der Waals surface area contributed by atoms with Gasteiger partial charge in [-0.3, -0.25) is 4.79 Å². The SMILES string of the molecule is Cl.O=C(Nc1ccc2ncsc2c1)C1CCCCN1. The highest BCUT2D eigenvalue weighted by Gasteiger charge is 2.20. The lowest BCUT2D eigenvalue weighted by Crippen LogP contribution is -2.43. The number of halogens is 1. The average molecular weight is 298 g/mol. The topological polar surface area (TPSA) is 54.0 Å². The number of nitrogens with one attached hydrogen (secondary N) is 2. The Kier molecular flexibility index (Phi) is 4.74. The molecule has 0 saturated carbocycles. The van der Waals surface area contributed by atoms with Crippen molar-refractivity contribution in [2.45, 2.75) is 25.3 Å². The highest BCUT2D eigenvalue weighted by Crippen LogP contribution is 2.22. The number of carbonyl (C=O) groups excluding carboxylic acids is 1. The molecule has 0 aliphatic carbocycles. The molecule has 2 aromatic rings. The van der Waals surface area contributed by atoms with Crippen LogP contribution in [0.3, 0.4) is 0 Å². The standard InChI is InChI=1S/C13H15N3OS.ClH/c17-13(11-3-1-2-6-14-11)16-9-4-5-10-12(7-9)18-8-15-10;/h4-5,7-8,11,14H,1-3,6H2,(H,16,17);1H. The smallest absolute Gasteiger partial charge is 0.241 e. The Bertz CT molecular complexity index is 566. The number of rotatable bonds is 2. The Morgan fingerprint density at radius 1 is 1.42 bits per heavy atom. The molecule has 2 heterocycles. The van der Waals surface area contributed by atoms with Gasteiger partial charge in [-0.1, -0.05) is 6.42 Å². The van der Waals surface area contributed by atoms with Crippen LogP contribution in [0.15, 0.2) is 23.7 Å². The van der Waals surface area contributed by atoms with Crippen molar-refractivity contribution in [1.29, 1.82) is 0 Å². The molecule has 1 aliphatic rings. The molecule has 2 N–H and O–H groups in total. The number of thiazole rings is 1. The van der Waals surface area contributed by atoms with Crippen LogP contribution in [0.4, 0.5) is 5.69 Å². The van der Waals surface area contributed by atoms with Gasteiger partial charge < -0.3 is 10.6 Å². The van der Waals surface area contributed by atoms with E-state index in [1.165, 1.54) is 0 Å². The molecule has 0 radical (unpaired) electrons. The van der Waals surface area contributed by atoms with Gasteiger partial charge in [0.05, 0.1) is 21.8 Å². The normalized spacial score (nSPS) is 18.8. The highest BCUT2D eigenvalue weighted by molar-refractivity contribution is 7.16. The largest absolute Gasteiger partial charge is 0.325 e. The quantitative estimate of drug-likeness (QED) is 0.896. The summed E-state index contributed by atoms with van der Waals surface area (Å²) >= 11 is 1.59. The Hall–Kier alpha value is -1.17. The zero-order valence-electron chi connectivity index (χ0n) is 10.4. The zero-order valence-corrected chi connectivity index (χ0v) is 12.0. The molecule has 102 valence electrons. The van der Waals surface area contributed by atoms with E-state index in [1.54, 1.807) is 11.3 Å². The van der Waals surface area contributed by atoms with Gasteiger partial charge in [0.1, 0.15) is 0 Å². The van der Waals surface area contributed by atoms with E-state index in [9.17, 15) is 4.79 Å². The summed E-state index contributed by atoms with van der Waals surface area (Å²) in [5.41, 5.74) is 3.65. The molecule has 1 aliphatic heterocycles. The summed E-state index contributed by atoms with van der Waals surface area (Å²) in [5, 5.41) is 6.22. The molecule has 19 heavy (non-hydrogen) atoms. The van der Waals surface area contributed by atoms with Crippen molar-refractivity contribution >= 4 is 45.6 Å². The maximum atomic E-state index is 12.1. The highest BCUT2D eigenvalue weighted by atomic mass is 35.5. The van der Waals surface area contributed by atoms with Gasteiger partial charge in [-0.15, -0.1) is 23.7 Å². The second-order valence-corrected chi connectivity index (χ2v) is 5.41. The van der Waals surface area contributed by atoms with Gasteiger partial charge in [0.2, 0.25) is 5.91 Å². The van der Waals surface area contributed by atoms with Gasteiger partial charge in [-0.2, -0.15) is 0 Å². The summed E-state index contributed by atoms with van der Waals surface area (Å²) in [5.74, 6) is 0.0681. The number of carbonyl (C=O) groups is 1. The van der Waals surface area contributed by atoms with Crippen molar-refractivity contribution in [3.05, 3.63) is 23.7 Å². The molecule has 1 atom stereocenters. The first-order chi connectivity index (χ1) is 8.83. The average Bonchev–Trinajstić information content (AvgIpc) is 2.87. The second-order valence-electron chi connectivity index (χ2n) is 4.53. The lowest BCUT2D eigenvalue weighted by Gasteiger charge is -2.22. The first-order valence-electron chi connectivity index (χ1n) is 6.20. The van der Waals surface area contributed by atoms with Gasteiger partial charge in [0.25, 0.3) is 0 Å². The molecule has 1 unspecified atom stereocenters. The van der Waals surface area contributed by atoms with Crippen LogP contribution in [0, 0.1) is 0 Å². The van der Waals surface area contributed by atoms with E-state index in [2.05, 4.69) is 15.6 Å². The van der Waals surface area contributed by atoms with Gasteiger partial charge in [-0.05, 0) is 37.6 Å². The molecule has 1 amide bonds. The van der Waals surface area contributed by atoms with Crippen molar-refractivity contribution in [2.75, 3.05) is 11.9 Å². The van der Waals surface area contributed by atoms with Crippen LogP contribution in [-0.2, 0) is 4.79 Å². The summed E-state index contributed by atoms with van der Waals surface area (Å²) in [6.07, 6.45) is 3.21. The first kappa shape index (κ1) is 14.2. The summed E-state index contributed by atoms with van der Waals surface area (Å²) in [4.78, 5) is 16.3. The third-order valence-electron chi connectivity index (χ3n) is 3.23. The molecule has 1 aromatic heterocycles. The lowest BCUT2D eigenvalue weighted by atomic mass is 10.0. The Morgan fingerprint density at radius 2 is 2.32 bits per heavy atom. The Morgan fingerprint density at radius 3 is 3.11 bits per heavy atom. The van der Waals surface area contributed by atoms with Crippen LogP contribution in [0.2, 0.25) is 0 Å². The van der Waals surface area contributed by atoms with E-state index in [0.717, 1.165) is 41.7 Å². The number of fused-ring (bicyclic) bond motifs is 1. The second kappa shape index (κ2) is 6.32. The van der Waals surface area contributed by atoms with E-state index in [-0.39, 0.29) is 24.4 Å². The number of piperidine rings is 1. The molecule has 0 spiro atoms. The predicted molar refractivity (Wildman–Crippen MR) is 81.1 cm³/mol. The molecule has 3 rings (SSSR count). The van der Waals surface area contributed by atoms with Gasteiger partial charge >= 0.3 is 0 Å².